The SMILES string of the molecule is CC(=O)N[C@H](C)c1ccc(-c2ccc3ccccc3c2)cc1. The molecule has 0 fully saturated rings. The van der Waals surface area contributed by atoms with Gasteiger partial charge in [-0.25, -0.2) is 0 Å². The lowest BCUT2D eigenvalue weighted by atomic mass is 9.99. The maximum Gasteiger partial charge on any atom is 0.217 e. The summed E-state index contributed by atoms with van der Waals surface area (Å²) in [5.41, 5.74) is 3.50. The van der Waals surface area contributed by atoms with Crippen molar-refractivity contribution in [2.24, 2.45) is 0 Å². The van der Waals surface area contributed by atoms with Crippen molar-refractivity contribution >= 4 is 16.7 Å². The van der Waals surface area contributed by atoms with Crippen LogP contribution in [0.15, 0.2) is 66.7 Å². The summed E-state index contributed by atoms with van der Waals surface area (Å²) in [7, 11) is 0. The van der Waals surface area contributed by atoms with E-state index in [0.717, 1.165) is 5.56 Å². The minimum Gasteiger partial charge on any atom is -0.350 e. The summed E-state index contributed by atoms with van der Waals surface area (Å²) in [6, 6.07) is 23.3. The van der Waals surface area contributed by atoms with Crippen LogP contribution in [0.1, 0.15) is 25.5 Å². The molecule has 0 spiro atoms. The van der Waals surface area contributed by atoms with Crippen molar-refractivity contribution < 1.29 is 4.79 Å². The van der Waals surface area contributed by atoms with Crippen LogP contribution in [0.25, 0.3) is 21.9 Å². The van der Waals surface area contributed by atoms with E-state index in [4.69, 9.17) is 0 Å². The van der Waals surface area contributed by atoms with Crippen molar-refractivity contribution in [1.82, 2.24) is 5.32 Å². The van der Waals surface area contributed by atoms with Crippen LogP contribution < -0.4 is 5.32 Å². The molecule has 3 aromatic carbocycles. The molecule has 1 N–H and O–H groups in total. The van der Waals surface area contributed by atoms with Gasteiger partial charge in [-0.2, -0.15) is 0 Å². The summed E-state index contributed by atoms with van der Waals surface area (Å²) >= 11 is 0. The molecule has 0 aliphatic carbocycles. The van der Waals surface area contributed by atoms with Gasteiger partial charge >= 0.3 is 0 Å². The fraction of sp³-hybridized carbons (Fsp3) is 0.150. The quantitative estimate of drug-likeness (QED) is 0.743. The number of carbonyl (C=O) groups excluding carboxylic acids is 1. The number of carbonyl (C=O) groups is 1. The van der Waals surface area contributed by atoms with Gasteiger partial charge in [-0.05, 0) is 40.5 Å². The highest BCUT2D eigenvalue weighted by molar-refractivity contribution is 5.87. The molecular weight excluding hydrogens is 270 g/mol. The molecule has 0 radical (unpaired) electrons. The van der Waals surface area contributed by atoms with Crippen LogP contribution >= 0.6 is 0 Å². The predicted octanol–water partition coefficient (Wildman–Crippen LogP) is 4.70. The third-order valence-corrected chi connectivity index (χ3v) is 3.91. The van der Waals surface area contributed by atoms with Crippen molar-refractivity contribution in [3.8, 4) is 11.1 Å². The largest absolute Gasteiger partial charge is 0.350 e. The van der Waals surface area contributed by atoms with E-state index in [2.05, 4.69) is 72.0 Å². The van der Waals surface area contributed by atoms with E-state index >= 15 is 0 Å². The second-order valence-electron chi connectivity index (χ2n) is 5.61. The molecule has 0 aromatic heterocycles. The lowest BCUT2D eigenvalue weighted by Gasteiger charge is -2.13. The molecule has 0 saturated heterocycles. The minimum absolute atomic E-state index is 0.00824. The van der Waals surface area contributed by atoms with E-state index in [1.807, 2.05) is 6.92 Å². The number of rotatable bonds is 3. The molecular formula is C20H19NO. The van der Waals surface area contributed by atoms with Crippen molar-refractivity contribution in [3.05, 3.63) is 72.3 Å². The summed E-state index contributed by atoms with van der Waals surface area (Å²) < 4.78 is 0. The zero-order chi connectivity index (χ0) is 15.5. The topological polar surface area (TPSA) is 29.1 Å². The number of hydrogen-bond donors (Lipinski definition) is 1. The van der Waals surface area contributed by atoms with E-state index < -0.39 is 0 Å². The predicted molar refractivity (Wildman–Crippen MR) is 91.6 cm³/mol. The average molecular weight is 289 g/mol. The normalized spacial score (nSPS) is 12.1. The van der Waals surface area contributed by atoms with Crippen molar-refractivity contribution in [1.29, 1.82) is 0 Å². The Morgan fingerprint density at radius 3 is 2.18 bits per heavy atom. The Labute approximate surface area is 130 Å². The fourth-order valence-corrected chi connectivity index (χ4v) is 2.72. The highest BCUT2D eigenvalue weighted by atomic mass is 16.1. The summed E-state index contributed by atoms with van der Waals surface area (Å²) in [5, 5.41) is 5.40. The van der Waals surface area contributed by atoms with E-state index in [1.165, 1.54) is 21.9 Å². The Balaban J connectivity index is 1.89. The van der Waals surface area contributed by atoms with Gasteiger partial charge in [-0.15, -0.1) is 0 Å². The lowest BCUT2D eigenvalue weighted by molar-refractivity contribution is -0.119. The molecule has 2 nitrogen and oxygen atoms in total. The Bertz CT molecular complexity index is 805. The monoisotopic (exact) mass is 289 g/mol. The molecule has 2 heteroatoms. The lowest BCUT2D eigenvalue weighted by Crippen LogP contribution is -2.23. The molecule has 1 amide bonds. The highest BCUT2D eigenvalue weighted by Gasteiger charge is 2.07. The number of amides is 1. The van der Waals surface area contributed by atoms with Gasteiger partial charge in [-0.3, -0.25) is 4.79 Å². The molecule has 22 heavy (non-hydrogen) atoms. The molecule has 0 unspecified atom stereocenters. The number of fused-ring (bicyclic) bond motifs is 1. The summed E-state index contributed by atoms with van der Waals surface area (Å²) in [6.07, 6.45) is 0. The van der Waals surface area contributed by atoms with Gasteiger partial charge in [0.1, 0.15) is 0 Å². The first-order valence-corrected chi connectivity index (χ1v) is 7.50. The average Bonchev–Trinajstić information content (AvgIpc) is 2.54. The van der Waals surface area contributed by atoms with Gasteiger partial charge in [0.05, 0.1) is 6.04 Å². The van der Waals surface area contributed by atoms with Crippen LogP contribution in [0.4, 0.5) is 0 Å². The number of benzene rings is 3. The Kier molecular flexibility index (Phi) is 3.92. The van der Waals surface area contributed by atoms with Gasteiger partial charge in [0, 0.05) is 6.92 Å². The molecule has 0 heterocycles. The van der Waals surface area contributed by atoms with Crippen LogP contribution in [-0.2, 0) is 4.79 Å². The first-order chi connectivity index (χ1) is 10.6. The third-order valence-electron chi connectivity index (χ3n) is 3.91. The van der Waals surface area contributed by atoms with Gasteiger partial charge in [-0.1, -0.05) is 60.7 Å². The smallest absolute Gasteiger partial charge is 0.217 e. The molecule has 110 valence electrons. The maximum atomic E-state index is 11.1. The van der Waals surface area contributed by atoms with Crippen LogP contribution in [0, 0.1) is 0 Å². The fourth-order valence-electron chi connectivity index (χ4n) is 2.72. The molecule has 3 aromatic rings. The van der Waals surface area contributed by atoms with Crippen LogP contribution in [0.3, 0.4) is 0 Å². The molecule has 0 aliphatic rings. The minimum atomic E-state index is -0.00824. The zero-order valence-electron chi connectivity index (χ0n) is 12.8. The van der Waals surface area contributed by atoms with Gasteiger partial charge in [0.2, 0.25) is 5.91 Å². The number of nitrogens with one attached hydrogen (secondary N) is 1. The van der Waals surface area contributed by atoms with E-state index in [9.17, 15) is 4.79 Å². The van der Waals surface area contributed by atoms with E-state index in [-0.39, 0.29) is 11.9 Å². The van der Waals surface area contributed by atoms with E-state index in [0.29, 0.717) is 0 Å². The summed E-state index contributed by atoms with van der Waals surface area (Å²) in [4.78, 5) is 11.1. The zero-order valence-corrected chi connectivity index (χ0v) is 12.8. The second-order valence-corrected chi connectivity index (χ2v) is 5.61. The van der Waals surface area contributed by atoms with Crippen molar-refractivity contribution in [2.75, 3.05) is 0 Å². The van der Waals surface area contributed by atoms with Gasteiger partial charge < -0.3 is 5.32 Å². The molecule has 0 saturated carbocycles. The molecule has 0 bridgehead atoms. The van der Waals surface area contributed by atoms with Gasteiger partial charge in [0.25, 0.3) is 0 Å². The van der Waals surface area contributed by atoms with Crippen LogP contribution in [0.2, 0.25) is 0 Å². The van der Waals surface area contributed by atoms with Gasteiger partial charge in [0.15, 0.2) is 0 Å². The standard InChI is InChI=1S/C20H19NO/c1-14(21-15(2)22)16-7-9-18(10-8-16)20-12-11-17-5-3-4-6-19(17)13-20/h3-14H,1-2H3,(H,21,22)/t14-/m1/s1. The van der Waals surface area contributed by atoms with Crippen LogP contribution in [0.5, 0.6) is 0 Å². The third kappa shape index (κ3) is 3.01. The highest BCUT2D eigenvalue weighted by Crippen LogP contribution is 2.25. The van der Waals surface area contributed by atoms with Crippen molar-refractivity contribution in [3.63, 3.8) is 0 Å². The van der Waals surface area contributed by atoms with Crippen LogP contribution in [-0.4, -0.2) is 5.91 Å². The second kappa shape index (κ2) is 6.02. The first-order valence-electron chi connectivity index (χ1n) is 7.50. The first kappa shape index (κ1) is 14.3. The van der Waals surface area contributed by atoms with E-state index in [1.54, 1.807) is 6.92 Å². The molecule has 1 atom stereocenters. The Morgan fingerprint density at radius 1 is 0.864 bits per heavy atom. The maximum absolute atomic E-state index is 11.1. The molecule has 0 aliphatic heterocycles. The Hall–Kier alpha value is -2.61. The summed E-state index contributed by atoms with van der Waals surface area (Å²) in [5.74, 6) is -0.00824. The number of hydrogen-bond acceptors (Lipinski definition) is 1. The summed E-state index contributed by atoms with van der Waals surface area (Å²) in [6.45, 7) is 3.53. The van der Waals surface area contributed by atoms with Crippen molar-refractivity contribution in [2.45, 2.75) is 19.9 Å². The molecule has 3 rings (SSSR count). The Morgan fingerprint density at radius 2 is 1.50 bits per heavy atom.